The molecule has 0 aliphatic carbocycles. The van der Waals surface area contributed by atoms with E-state index in [2.05, 4.69) is 17.4 Å². The standard InChI is InChI=1S/C24H26N4O.ClH/c29-24(27-14-13-20-11-12-21(16-27)25-20)22-17-28(15-18-7-3-1-4-8-18)26-23(22)19-9-5-2-6-10-19;/h1-10,17,20-21,25H,11-16H2;1H. The summed E-state index contributed by atoms with van der Waals surface area (Å²) in [6, 6.07) is 21.3. The van der Waals surface area contributed by atoms with E-state index in [1.807, 2.05) is 64.3 Å². The van der Waals surface area contributed by atoms with Crippen LogP contribution >= 0.6 is 12.4 Å². The second kappa shape index (κ2) is 9.02. The number of likely N-dealkylation sites (tertiary alicyclic amines) is 1. The Balaban J connectivity index is 0.00000218. The molecule has 3 aromatic rings. The van der Waals surface area contributed by atoms with Crippen molar-refractivity contribution in [3.63, 3.8) is 0 Å². The van der Waals surface area contributed by atoms with Gasteiger partial charge in [-0.3, -0.25) is 9.48 Å². The fraction of sp³-hybridized carbons (Fsp3) is 0.333. The van der Waals surface area contributed by atoms with Gasteiger partial charge in [0, 0.05) is 36.9 Å². The van der Waals surface area contributed by atoms with E-state index in [1.165, 1.54) is 12.0 Å². The van der Waals surface area contributed by atoms with Gasteiger partial charge in [0.25, 0.3) is 5.91 Å². The zero-order chi connectivity index (χ0) is 19.6. The average molecular weight is 423 g/mol. The third-order valence-electron chi connectivity index (χ3n) is 6.04. The van der Waals surface area contributed by atoms with Crippen LogP contribution in [0.15, 0.2) is 66.9 Å². The fourth-order valence-corrected chi connectivity index (χ4v) is 4.54. The first-order valence-corrected chi connectivity index (χ1v) is 10.5. The summed E-state index contributed by atoms with van der Waals surface area (Å²) in [5, 5.41) is 8.48. The Hall–Kier alpha value is -2.63. The number of nitrogens with zero attached hydrogens (tertiary/aromatic N) is 3. The molecule has 1 aromatic heterocycles. The van der Waals surface area contributed by atoms with Crippen LogP contribution in [0.1, 0.15) is 35.2 Å². The summed E-state index contributed by atoms with van der Waals surface area (Å²) in [7, 11) is 0. The highest BCUT2D eigenvalue weighted by Gasteiger charge is 2.32. The lowest BCUT2D eigenvalue weighted by atomic mass is 10.1. The first kappa shape index (κ1) is 20.6. The lowest BCUT2D eigenvalue weighted by Crippen LogP contribution is -2.39. The van der Waals surface area contributed by atoms with Crippen molar-refractivity contribution in [2.45, 2.75) is 37.9 Å². The van der Waals surface area contributed by atoms with E-state index in [0.717, 1.165) is 37.2 Å². The minimum absolute atomic E-state index is 0. The Morgan fingerprint density at radius 1 is 0.967 bits per heavy atom. The maximum Gasteiger partial charge on any atom is 0.257 e. The van der Waals surface area contributed by atoms with Gasteiger partial charge in [-0.25, -0.2) is 0 Å². The first-order valence-electron chi connectivity index (χ1n) is 10.5. The van der Waals surface area contributed by atoms with Crippen LogP contribution in [0, 0.1) is 0 Å². The van der Waals surface area contributed by atoms with Crippen LogP contribution in [0.5, 0.6) is 0 Å². The molecule has 0 saturated carbocycles. The van der Waals surface area contributed by atoms with Crippen molar-refractivity contribution < 1.29 is 4.79 Å². The number of aromatic nitrogens is 2. The van der Waals surface area contributed by atoms with E-state index in [1.54, 1.807) is 0 Å². The molecule has 2 aromatic carbocycles. The first-order chi connectivity index (χ1) is 14.3. The van der Waals surface area contributed by atoms with Crippen LogP contribution < -0.4 is 5.32 Å². The van der Waals surface area contributed by atoms with Crippen LogP contribution in [0.4, 0.5) is 0 Å². The maximum atomic E-state index is 13.5. The Labute approximate surface area is 183 Å². The van der Waals surface area contributed by atoms with Crippen LogP contribution in [0.2, 0.25) is 0 Å². The second-order valence-corrected chi connectivity index (χ2v) is 8.12. The number of nitrogens with one attached hydrogen (secondary N) is 1. The fourth-order valence-electron chi connectivity index (χ4n) is 4.54. The van der Waals surface area contributed by atoms with Gasteiger partial charge in [0.1, 0.15) is 5.69 Å². The molecule has 5 nitrogen and oxygen atoms in total. The number of hydrogen-bond donors (Lipinski definition) is 1. The van der Waals surface area contributed by atoms with Crippen molar-refractivity contribution in [2.75, 3.05) is 13.1 Å². The summed E-state index contributed by atoms with van der Waals surface area (Å²) < 4.78 is 1.90. The van der Waals surface area contributed by atoms with Gasteiger partial charge < -0.3 is 10.2 Å². The monoisotopic (exact) mass is 422 g/mol. The van der Waals surface area contributed by atoms with Crippen molar-refractivity contribution in [1.82, 2.24) is 20.0 Å². The van der Waals surface area contributed by atoms with Gasteiger partial charge >= 0.3 is 0 Å². The Bertz CT molecular complexity index is 989. The normalized spacial score (nSPS) is 20.5. The second-order valence-electron chi connectivity index (χ2n) is 8.12. The molecule has 2 fully saturated rings. The zero-order valence-electron chi connectivity index (χ0n) is 16.9. The molecule has 6 heteroatoms. The molecule has 1 N–H and O–H groups in total. The number of fused-ring (bicyclic) bond motifs is 2. The van der Waals surface area contributed by atoms with E-state index in [-0.39, 0.29) is 18.3 Å². The molecular formula is C24H27ClN4O. The number of carbonyl (C=O) groups excluding carboxylic acids is 1. The lowest BCUT2D eigenvalue weighted by Gasteiger charge is -2.24. The predicted octanol–water partition coefficient (Wildman–Crippen LogP) is 3.99. The van der Waals surface area contributed by atoms with Crippen molar-refractivity contribution >= 4 is 18.3 Å². The van der Waals surface area contributed by atoms with Crippen LogP contribution in [-0.2, 0) is 6.54 Å². The van der Waals surface area contributed by atoms with Gasteiger partial charge in [-0.05, 0) is 24.8 Å². The summed E-state index contributed by atoms with van der Waals surface area (Å²) in [6.07, 6.45) is 5.35. The van der Waals surface area contributed by atoms with Gasteiger partial charge in [0.15, 0.2) is 0 Å². The van der Waals surface area contributed by atoms with E-state index in [0.29, 0.717) is 24.2 Å². The average Bonchev–Trinajstić information content (AvgIpc) is 3.32. The van der Waals surface area contributed by atoms with Crippen LogP contribution in [-0.4, -0.2) is 45.8 Å². The minimum Gasteiger partial charge on any atom is -0.337 e. The number of rotatable bonds is 4. The third kappa shape index (κ3) is 4.27. The molecule has 2 unspecified atom stereocenters. The Morgan fingerprint density at radius 3 is 2.43 bits per heavy atom. The van der Waals surface area contributed by atoms with Gasteiger partial charge in [-0.2, -0.15) is 5.10 Å². The van der Waals surface area contributed by atoms with Crippen molar-refractivity contribution in [3.8, 4) is 11.3 Å². The maximum absolute atomic E-state index is 13.5. The predicted molar refractivity (Wildman–Crippen MR) is 121 cm³/mol. The summed E-state index contributed by atoms with van der Waals surface area (Å²) in [6.45, 7) is 2.25. The molecule has 2 bridgehead atoms. The molecule has 156 valence electrons. The highest BCUT2D eigenvalue weighted by molar-refractivity contribution is 5.99. The topological polar surface area (TPSA) is 50.2 Å². The summed E-state index contributed by atoms with van der Waals surface area (Å²) in [5.74, 6) is 0.0949. The summed E-state index contributed by atoms with van der Waals surface area (Å²) in [5.41, 5.74) is 3.63. The molecule has 0 radical (unpaired) electrons. The van der Waals surface area contributed by atoms with Gasteiger partial charge in [0.2, 0.25) is 0 Å². The number of amides is 1. The van der Waals surface area contributed by atoms with Crippen molar-refractivity contribution in [1.29, 1.82) is 0 Å². The molecular weight excluding hydrogens is 396 g/mol. The molecule has 5 rings (SSSR count). The number of halogens is 1. The third-order valence-corrected chi connectivity index (χ3v) is 6.04. The van der Waals surface area contributed by atoms with Crippen LogP contribution in [0.25, 0.3) is 11.3 Å². The smallest absolute Gasteiger partial charge is 0.257 e. The van der Waals surface area contributed by atoms with Gasteiger partial charge in [0.05, 0.1) is 12.1 Å². The molecule has 0 spiro atoms. The largest absolute Gasteiger partial charge is 0.337 e. The van der Waals surface area contributed by atoms with E-state index >= 15 is 0 Å². The van der Waals surface area contributed by atoms with E-state index in [9.17, 15) is 4.79 Å². The van der Waals surface area contributed by atoms with Crippen LogP contribution in [0.3, 0.4) is 0 Å². The molecule has 30 heavy (non-hydrogen) atoms. The SMILES string of the molecule is Cl.O=C(c1cn(Cc2ccccc2)nc1-c1ccccc1)N1CCC2CCC(C1)N2. The Kier molecular flexibility index (Phi) is 6.21. The molecule has 3 heterocycles. The summed E-state index contributed by atoms with van der Waals surface area (Å²) >= 11 is 0. The number of hydrogen-bond acceptors (Lipinski definition) is 3. The molecule has 2 aliphatic rings. The van der Waals surface area contributed by atoms with Crippen molar-refractivity contribution in [2.24, 2.45) is 0 Å². The molecule has 2 atom stereocenters. The summed E-state index contributed by atoms with van der Waals surface area (Å²) in [4.78, 5) is 15.6. The molecule has 2 saturated heterocycles. The lowest BCUT2D eigenvalue weighted by molar-refractivity contribution is 0.0749. The molecule has 1 amide bonds. The number of benzene rings is 2. The van der Waals surface area contributed by atoms with Crippen molar-refractivity contribution in [3.05, 3.63) is 78.0 Å². The zero-order valence-corrected chi connectivity index (χ0v) is 17.7. The quantitative estimate of drug-likeness (QED) is 0.691. The minimum atomic E-state index is 0. The highest BCUT2D eigenvalue weighted by atomic mass is 35.5. The van der Waals surface area contributed by atoms with Gasteiger partial charge in [-0.1, -0.05) is 60.7 Å². The van der Waals surface area contributed by atoms with E-state index < -0.39 is 0 Å². The number of carbonyl (C=O) groups is 1. The molecule has 2 aliphatic heterocycles. The Morgan fingerprint density at radius 2 is 1.67 bits per heavy atom. The van der Waals surface area contributed by atoms with Gasteiger partial charge in [-0.15, -0.1) is 12.4 Å². The highest BCUT2D eigenvalue weighted by Crippen LogP contribution is 2.26. The van der Waals surface area contributed by atoms with E-state index in [4.69, 9.17) is 5.10 Å².